The normalized spacial score (nSPS) is 17.6. The highest BCUT2D eigenvalue weighted by atomic mass is 32.2. The first-order valence-corrected chi connectivity index (χ1v) is 13.3. The summed E-state index contributed by atoms with van der Waals surface area (Å²) in [6.45, 7) is 0. The van der Waals surface area contributed by atoms with Crippen LogP contribution in [0.5, 0.6) is 0 Å². The molecule has 2 atom stereocenters. The molecule has 174 valence electrons. The highest BCUT2D eigenvalue weighted by Crippen LogP contribution is 2.55. The van der Waals surface area contributed by atoms with Gasteiger partial charge in [-0.2, -0.15) is 5.26 Å². The minimum absolute atomic E-state index is 0.316. The third-order valence-electron chi connectivity index (χ3n) is 7.37. The summed E-state index contributed by atoms with van der Waals surface area (Å²) in [5, 5.41) is 12.3. The van der Waals surface area contributed by atoms with E-state index in [-0.39, 0.29) is 0 Å². The van der Waals surface area contributed by atoms with E-state index in [1.165, 1.54) is 38.1 Å². The van der Waals surface area contributed by atoms with Crippen molar-refractivity contribution in [2.45, 2.75) is 16.1 Å². The van der Waals surface area contributed by atoms with Crippen molar-refractivity contribution in [2.24, 2.45) is 0 Å². The van der Waals surface area contributed by atoms with E-state index >= 15 is 0 Å². The van der Waals surface area contributed by atoms with Crippen LogP contribution >= 0.6 is 11.8 Å². The number of rotatable bonds is 3. The molecule has 0 N–H and O–H groups in total. The van der Waals surface area contributed by atoms with Gasteiger partial charge in [0.05, 0.1) is 11.6 Å². The minimum atomic E-state index is 0.316. The van der Waals surface area contributed by atoms with E-state index in [0.717, 1.165) is 16.5 Å². The first kappa shape index (κ1) is 21.9. The van der Waals surface area contributed by atoms with Crippen LogP contribution in [0.2, 0.25) is 0 Å². The average molecular weight is 491 g/mol. The fourth-order valence-electron chi connectivity index (χ4n) is 5.61. The Morgan fingerprint density at radius 3 is 2.49 bits per heavy atom. The molecule has 0 bridgehead atoms. The first-order valence-electron chi connectivity index (χ1n) is 12.4. The Hall–Kier alpha value is -4.39. The standard InChI is InChI=1S/C34H22N2S/c35-20-22-18-25-6-1-2-8-27(25)32(19-22)31-12-4-11-30-29-10-3-9-28(33(29)37-34(30)31)24-15-13-23(14-16-24)26-7-5-17-36-21-26/h1-19,21,29,33H. The Morgan fingerprint density at radius 2 is 1.65 bits per heavy atom. The number of benzene rings is 4. The number of aromatic nitrogens is 1. The molecule has 0 saturated carbocycles. The van der Waals surface area contributed by atoms with Gasteiger partial charge in [0.15, 0.2) is 0 Å². The van der Waals surface area contributed by atoms with Crippen molar-refractivity contribution in [1.82, 2.24) is 4.98 Å². The molecule has 2 heterocycles. The van der Waals surface area contributed by atoms with Crippen LogP contribution in [0.25, 0.3) is 38.6 Å². The van der Waals surface area contributed by atoms with Crippen LogP contribution in [-0.4, -0.2) is 10.2 Å². The van der Waals surface area contributed by atoms with E-state index in [2.05, 4.69) is 96.0 Å². The molecule has 1 aromatic heterocycles. The Bertz CT molecular complexity index is 1760. The number of nitriles is 1. The highest BCUT2D eigenvalue weighted by Gasteiger charge is 2.37. The van der Waals surface area contributed by atoms with Gasteiger partial charge in [-0.3, -0.25) is 4.98 Å². The van der Waals surface area contributed by atoms with Gasteiger partial charge in [-0.05, 0) is 67.9 Å². The number of hydrogen-bond acceptors (Lipinski definition) is 3. The van der Waals surface area contributed by atoms with E-state index in [4.69, 9.17) is 0 Å². The van der Waals surface area contributed by atoms with Crippen molar-refractivity contribution >= 4 is 28.1 Å². The van der Waals surface area contributed by atoms with Crippen LogP contribution in [0.3, 0.4) is 0 Å². The number of hydrogen-bond donors (Lipinski definition) is 0. The Labute approximate surface area is 220 Å². The summed E-state index contributed by atoms with van der Waals surface area (Å²) in [4.78, 5) is 5.58. The van der Waals surface area contributed by atoms with Crippen LogP contribution in [0.4, 0.5) is 0 Å². The number of pyridine rings is 1. The molecule has 0 radical (unpaired) electrons. The molecule has 0 saturated heterocycles. The molecule has 1 aliphatic heterocycles. The molecular weight excluding hydrogens is 468 g/mol. The summed E-state index contributed by atoms with van der Waals surface area (Å²) in [6, 6.07) is 34.3. The van der Waals surface area contributed by atoms with Gasteiger partial charge in [0.2, 0.25) is 0 Å². The molecule has 0 spiro atoms. The lowest BCUT2D eigenvalue weighted by atomic mass is 9.84. The monoisotopic (exact) mass is 490 g/mol. The second kappa shape index (κ2) is 8.92. The van der Waals surface area contributed by atoms with Gasteiger partial charge in [0.1, 0.15) is 0 Å². The molecule has 2 unspecified atom stereocenters. The van der Waals surface area contributed by atoms with Crippen LogP contribution in [-0.2, 0) is 0 Å². The predicted molar refractivity (Wildman–Crippen MR) is 153 cm³/mol. The van der Waals surface area contributed by atoms with Crippen molar-refractivity contribution < 1.29 is 0 Å². The van der Waals surface area contributed by atoms with Crippen molar-refractivity contribution in [3.05, 3.63) is 138 Å². The molecule has 7 rings (SSSR count). The Morgan fingerprint density at radius 1 is 0.784 bits per heavy atom. The first-order chi connectivity index (χ1) is 18.3. The third-order valence-corrected chi connectivity index (χ3v) is 8.86. The molecule has 4 aromatic carbocycles. The van der Waals surface area contributed by atoms with Gasteiger partial charge in [0, 0.05) is 28.5 Å². The number of allylic oxidation sites excluding steroid dienone is 3. The van der Waals surface area contributed by atoms with Crippen molar-refractivity contribution in [1.29, 1.82) is 5.26 Å². The van der Waals surface area contributed by atoms with Crippen molar-refractivity contribution in [2.75, 3.05) is 0 Å². The van der Waals surface area contributed by atoms with Crippen LogP contribution in [0.1, 0.15) is 22.6 Å². The predicted octanol–water partition coefficient (Wildman–Crippen LogP) is 8.65. The number of fused-ring (bicyclic) bond motifs is 4. The Balaban J connectivity index is 1.29. The molecule has 1 aliphatic carbocycles. The van der Waals surface area contributed by atoms with Gasteiger partial charge in [-0.15, -0.1) is 11.8 Å². The quantitative estimate of drug-likeness (QED) is 0.254. The summed E-state index contributed by atoms with van der Waals surface area (Å²) in [5.41, 5.74) is 9.32. The molecule has 3 heteroatoms. The third kappa shape index (κ3) is 3.69. The summed E-state index contributed by atoms with van der Waals surface area (Å²) in [7, 11) is 0. The zero-order valence-corrected chi connectivity index (χ0v) is 20.8. The lowest BCUT2D eigenvalue weighted by Crippen LogP contribution is -2.13. The maximum absolute atomic E-state index is 9.71. The molecular formula is C34H22N2S. The van der Waals surface area contributed by atoms with E-state index in [0.29, 0.717) is 16.7 Å². The molecule has 2 aliphatic rings. The summed E-state index contributed by atoms with van der Waals surface area (Å²) < 4.78 is 0. The molecule has 2 nitrogen and oxygen atoms in total. The second-order valence-electron chi connectivity index (χ2n) is 9.47. The Kier molecular flexibility index (Phi) is 5.27. The fraction of sp³-hybridized carbons (Fsp3) is 0.0588. The van der Waals surface area contributed by atoms with Gasteiger partial charge in [-0.25, -0.2) is 0 Å². The van der Waals surface area contributed by atoms with E-state index in [9.17, 15) is 5.26 Å². The minimum Gasteiger partial charge on any atom is -0.264 e. The maximum Gasteiger partial charge on any atom is 0.0992 e. The number of nitrogens with zero attached hydrogens (tertiary/aromatic N) is 2. The van der Waals surface area contributed by atoms with Gasteiger partial charge in [0.25, 0.3) is 0 Å². The van der Waals surface area contributed by atoms with E-state index < -0.39 is 0 Å². The summed E-state index contributed by atoms with van der Waals surface area (Å²) >= 11 is 1.95. The summed E-state index contributed by atoms with van der Waals surface area (Å²) in [5.74, 6) is 0.323. The van der Waals surface area contributed by atoms with Crippen molar-refractivity contribution in [3.8, 4) is 28.3 Å². The van der Waals surface area contributed by atoms with Crippen molar-refractivity contribution in [3.63, 3.8) is 0 Å². The lowest BCUT2D eigenvalue weighted by molar-refractivity contribution is 0.894. The van der Waals surface area contributed by atoms with Crippen LogP contribution in [0.15, 0.2) is 127 Å². The maximum atomic E-state index is 9.71. The van der Waals surface area contributed by atoms with Gasteiger partial charge < -0.3 is 0 Å². The summed E-state index contributed by atoms with van der Waals surface area (Å²) in [6.07, 6.45) is 10.5. The molecule has 0 fully saturated rings. The lowest BCUT2D eigenvalue weighted by Gasteiger charge is -2.23. The van der Waals surface area contributed by atoms with E-state index in [1.807, 2.05) is 42.2 Å². The highest BCUT2D eigenvalue weighted by molar-refractivity contribution is 8.01. The largest absolute Gasteiger partial charge is 0.264 e. The number of thioether (sulfide) groups is 1. The zero-order chi connectivity index (χ0) is 24.8. The fourth-order valence-corrected chi connectivity index (χ4v) is 7.23. The molecule has 37 heavy (non-hydrogen) atoms. The zero-order valence-electron chi connectivity index (χ0n) is 20.0. The average Bonchev–Trinajstić information content (AvgIpc) is 3.36. The molecule has 0 amide bonds. The van der Waals surface area contributed by atoms with Crippen LogP contribution in [0, 0.1) is 11.3 Å². The van der Waals surface area contributed by atoms with Crippen LogP contribution < -0.4 is 0 Å². The van der Waals surface area contributed by atoms with Gasteiger partial charge in [-0.1, -0.05) is 91.0 Å². The SMILES string of the molecule is N#Cc1cc(-c2cccc3c2SC2C(c4ccc(-c5cccnc5)cc4)=CC=CC32)c2ccccc2c1. The topological polar surface area (TPSA) is 36.7 Å². The molecule has 5 aromatic rings. The smallest absolute Gasteiger partial charge is 0.0992 e. The van der Waals surface area contributed by atoms with E-state index in [1.54, 1.807) is 6.20 Å². The second-order valence-corrected chi connectivity index (χ2v) is 10.6. The van der Waals surface area contributed by atoms with Gasteiger partial charge >= 0.3 is 0 Å².